The number of rotatable bonds is 8. The Labute approximate surface area is 224 Å². The van der Waals surface area contributed by atoms with Crippen molar-refractivity contribution in [1.82, 2.24) is 5.32 Å². The minimum Gasteiger partial charge on any atom is -0.490 e. The number of ether oxygens (including phenoxy) is 3. The Bertz CT molecular complexity index is 1140. The first-order valence-corrected chi connectivity index (χ1v) is 15.2. The third-order valence-corrected chi connectivity index (χ3v) is 9.01. The Balaban J connectivity index is 1.86. The molecule has 1 N–H and O–H groups in total. The molecule has 2 fully saturated rings. The molecule has 2 aliphatic rings. The summed E-state index contributed by atoms with van der Waals surface area (Å²) in [6.45, 7) is 9.93. The van der Waals surface area contributed by atoms with Crippen molar-refractivity contribution in [1.29, 1.82) is 0 Å². The van der Waals surface area contributed by atoms with Crippen LogP contribution in [0.2, 0.25) is 0 Å². The number of fused-ring (bicyclic) bond motifs is 1. The number of amides is 2. The lowest BCUT2D eigenvalue weighted by Crippen LogP contribution is -2.38. The fraction of sp³-hybridized carbons (Fsp3) is 0.609. The molecule has 2 saturated heterocycles. The van der Waals surface area contributed by atoms with Gasteiger partial charge in [-0.2, -0.15) is 4.99 Å². The van der Waals surface area contributed by atoms with Gasteiger partial charge in [-0.1, -0.05) is 11.8 Å². The third-order valence-electron chi connectivity index (χ3n) is 5.17. The molecule has 36 heavy (non-hydrogen) atoms. The maximum Gasteiger partial charge on any atom is 0.407 e. The molecule has 200 valence electrons. The first kappa shape index (κ1) is 28.6. The molecule has 0 unspecified atom stereocenters. The number of carbonyl (C=O) groups excluding carboxylic acids is 2. The largest absolute Gasteiger partial charge is 0.490 e. The van der Waals surface area contributed by atoms with E-state index in [-0.39, 0.29) is 35.8 Å². The van der Waals surface area contributed by atoms with Gasteiger partial charge in [0.15, 0.2) is 26.5 Å². The van der Waals surface area contributed by atoms with Crippen molar-refractivity contribution >= 4 is 60.4 Å². The highest BCUT2D eigenvalue weighted by molar-refractivity contribution is 9.10. The number of sulfone groups is 1. The summed E-state index contributed by atoms with van der Waals surface area (Å²) in [5, 5.41) is 2.71. The number of nitrogens with one attached hydrogen (secondary N) is 1. The highest BCUT2D eigenvalue weighted by Gasteiger charge is 2.50. The molecule has 10 nitrogen and oxygen atoms in total. The molecule has 0 saturated carbocycles. The minimum absolute atomic E-state index is 0.0131. The Kier molecular flexibility index (Phi) is 9.20. The number of thioether (sulfide) groups is 1. The zero-order valence-electron chi connectivity index (χ0n) is 21.0. The van der Waals surface area contributed by atoms with Gasteiger partial charge in [0.1, 0.15) is 5.60 Å². The number of nitrogens with zero attached hydrogens (tertiary/aromatic N) is 2. The summed E-state index contributed by atoms with van der Waals surface area (Å²) in [7, 11) is -3.22. The molecule has 1 aromatic rings. The molecule has 0 radical (unpaired) electrons. The number of alkyl carbamates (subject to hydrolysis) is 1. The van der Waals surface area contributed by atoms with Crippen LogP contribution in [0.4, 0.5) is 10.5 Å². The summed E-state index contributed by atoms with van der Waals surface area (Å²) < 4.78 is 42.1. The smallest absolute Gasteiger partial charge is 0.407 e. The monoisotopic (exact) mass is 605 g/mol. The summed E-state index contributed by atoms with van der Waals surface area (Å²) in [5.41, 5.74) is -0.00349. The van der Waals surface area contributed by atoms with Crippen LogP contribution in [-0.2, 0) is 19.4 Å². The molecule has 2 atom stereocenters. The predicted octanol–water partition coefficient (Wildman–Crippen LogP) is 3.76. The molecule has 2 amide bonds. The van der Waals surface area contributed by atoms with Crippen molar-refractivity contribution in [3.63, 3.8) is 0 Å². The number of benzene rings is 1. The number of hydrogen-bond donors (Lipinski definition) is 1. The summed E-state index contributed by atoms with van der Waals surface area (Å²) in [6.07, 6.45) is -0.638. The zero-order valence-corrected chi connectivity index (χ0v) is 24.2. The molecule has 2 aliphatic heterocycles. The molecule has 0 spiro atoms. The minimum atomic E-state index is -3.22. The fourth-order valence-corrected chi connectivity index (χ4v) is 8.28. The van der Waals surface area contributed by atoms with Crippen LogP contribution < -0.4 is 19.7 Å². The lowest BCUT2D eigenvalue weighted by Gasteiger charge is -2.27. The Hall–Kier alpha value is -1.99. The van der Waals surface area contributed by atoms with Crippen molar-refractivity contribution in [2.45, 2.75) is 57.9 Å². The van der Waals surface area contributed by atoms with Crippen molar-refractivity contribution in [2.75, 3.05) is 36.2 Å². The van der Waals surface area contributed by atoms with Crippen LogP contribution in [0.25, 0.3) is 0 Å². The fourth-order valence-electron chi connectivity index (χ4n) is 3.84. The van der Waals surface area contributed by atoms with Crippen molar-refractivity contribution in [3.05, 3.63) is 16.6 Å². The van der Waals surface area contributed by atoms with E-state index in [1.165, 1.54) is 11.8 Å². The molecule has 1 aromatic carbocycles. The second kappa shape index (κ2) is 11.6. The average Bonchev–Trinajstić information content (AvgIpc) is 3.19. The van der Waals surface area contributed by atoms with Crippen LogP contribution >= 0.6 is 27.7 Å². The number of halogens is 1. The van der Waals surface area contributed by atoms with Crippen LogP contribution in [0.15, 0.2) is 21.6 Å². The topological polar surface area (TPSA) is 124 Å². The SMILES string of the molecule is CCOc1cc(Br)c(N2C(=NC(=O)CCNC(=O)OC(C)(C)C)S[C@@H]3CS(=O)(=O)C[C@H]32)cc1OCC. The van der Waals surface area contributed by atoms with Gasteiger partial charge in [-0.3, -0.25) is 4.79 Å². The van der Waals surface area contributed by atoms with Gasteiger partial charge in [-0.15, -0.1) is 0 Å². The Morgan fingerprint density at radius 2 is 1.81 bits per heavy atom. The van der Waals surface area contributed by atoms with Crippen LogP contribution in [0.1, 0.15) is 41.0 Å². The second-order valence-corrected chi connectivity index (χ2v) is 13.5. The molecule has 0 aliphatic carbocycles. The highest BCUT2D eigenvalue weighted by Crippen LogP contribution is 2.46. The molecule has 0 aromatic heterocycles. The summed E-state index contributed by atoms with van der Waals surface area (Å²) >= 11 is 4.85. The van der Waals surface area contributed by atoms with Crippen LogP contribution in [0, 0.1) is 0 Å². The maximum absolute atomic E-state index is 12.7. The van der Waals surface area contributed by atoms with E-state index in [0.717, 1.165) is 0 Å². The van der Waals surface area contributed by atoms with Crippen molar-refractivity contribution in [2.24, 2.45) is 4.99 Å². The standard InChI is InChI=1S/C23H32BrN3O7S2/c1-6-32-17-10-14(24)15(11-18(17)33-7-2)27-16-12-36(30,31)13-19(16)35-21(27)26-20(28)8-9-25-22(29)34-23(3,4)5/h10-11,16,19H,6-9,12-13H2,1-5H3,(H,25,29)/t16-,19-/m1/s1. The van der Waals surface area contributed by atoms with E-state index in [0.29, 0.717) is 40.0 Å². The first-order valence-electron chi connectivity index (χ1n) is 11.7. The lowest BCUT2D eigenvalue weighted by molar-refractivity contribution is -0.117. The van der Waals surface area contributed by atoms with Gasteiger partial charge >= 0.3 is 6.09 Å². The maximum atomic E-state index is 12.7. The normalized spacial score (nSPS) is 21.8. The molecule has 2 heterocycles. The van der Waals surface area contributed by atoms with Crippen LogP contribution in [0.5, 0.6) is 11.5 Å². The van der Waals surface area contributed by atoms with Gasteiger partial charge in [-0.25, -0.2) is 13.2 Å². The summed E-state index contributed by atoms with van der Waals surface area (Å²) in [6, 6.07) is 3.17. The van der Waals surface area contributed by atoms with Crippen molar-refractivity contribution < 1.29 is 32.2 Å². The van der Waals surface area contributed by atoms with E-state index in [9.17, 15) is 18.0 Å². The Morgan fingerprint density at radius 3 is 2.42 bits per heavy atom. The van der Waals surface area contributed by atoms with E-state index in [4.69, 9.17) is 14.2 Å². The van der Waals surface area contributed by atoms with Gasteiger partial charge in [-0.05, 0) is 50.5 Å². The number of amidine groups is 1. The van der Waals surface area contributed by atoms with E-state index in [1.807, 2.05) is 13.8 Å². The second-order valence-electron chi connectivity index (χ2n) is 9.25. The number of aliphatic imine (C=N–C) groups is 1. The van der Waals surface area contributed by atoms with Crippen LogP contribution in [-0.4, -0.2) is 73.7 Å². The zero-order chi connectivity index (χ0) is 26.7. The van der Waals surface area contributed by atoms with Gasteiger partial charge in [0.05, 0.1) is 36.4 Å². The molecular weight excluding hydrogens is 574 g/mol. The van der Waals surface area contributed by atoms with Gasteiger partial charge < -0.3 is 24.4 Å². The molecule has 13 heteroatoms. The first-order chi connectivity index (χ1) is 16.8. The van der Waals surface area contributed by atoms with Gasteiger partial charge in [0.2, 0.25) is 5.91 Å². The summed E-state index contributed by atoms with van der Waals surface area (Å²) in [4.78, 5) is 30.6. The van der Waals surface area contributed by atoms with Crippen molar-refractivity contribution in [3.8, 4) is 11.5 Å². The lowest BCUT2D eigenvalue weighted by atomic mass is 10.2. The third kappa shape index (κ3) is 7.28. The number of hydrogen-bond acceptors (Lipinski definition) is 8. The number of anilines is 1. The average molecular weight is 607 g/mol. The quantitative estimate of drug-likeness (QED) is 0.471. The molecule has 0 bridgehead atoms. The van der Waals surface area contributed by atoms with E-state index < -0.39 is 27.4 Å². The summed E-state index contributed by atoms with van der Waals surface area (Å²) in [5.74, 6) is 0.605. The van der Waals surface area contributed by atoms with E-state index >= 15 is 0 Å². The van der Waals surface area contributed by atoms with Gasteiger partial charge in [0, 0.05) is 34.8 Å². The Morgan fingerprint density at radius 1 is 1.17 bits per heavy atom. The van der Waals surface area contributed by atoms with E-state index in [2.05, 4.69) is 26.2 Å². The van der Waals surface area contributed by atoms with Gasteiger partial charge in [0.25, 0.3) is 0 Å². The molecular formula is C23H32BrN3O7S2. The van der Waals surface area contributed by atoms with Crippen LogP contribution in [0.3, 0.4) is 0 Å². The molecule has 3 rings (SSSR count). The highest BCUT2D eigenvalue weighted by atomic mass is 79.9. The van der Waals surface area contributed by atoms with E-state index in [1.54, 1.807) is 37.8 Å². The number of carbonyl (C=O) groups is 2. The predicted molar refractivity (Wildman–Crippen MR) is 144 cm³/mol.